The first-order chi connectivity index (χ1) is 17.2. The van der Waals surface area contributed by atoms with Crippen LogP contribution in [0.4, 0.5) is 10.8 Å². The molecule has 0 fully saturated rings. The fourth-order valence-electron chi connectivity index (χ4n) is 4.74. The maximum absolute atomic E-state index is 13.0. The summed E-state index contributed by atoms with van der Waals surface area (Å²) in [6.07, 6.45) is 7.58. The van der Waals surface area contributed by atoms with E-state index in [0.717, 1.165) is 64.7 Å². The Balaban J connectivity index is 1.47. The van der Waals surface area contributed by atoms with E-state index >= 15 is 0 Å². The molecule has 3 aromatic heterocycles. The van der Waals surface area contributed by atoms with Crippen molar-refractivity contribution < 1.29 is 18.7 Å². The van der Waals surface area contributed by atoms with E-state index in [1.165, 1.54) is 16.7 Å². The Morgan fingerprint density at radius 3 is 2.83 bits per heavy atom. The minimum atomic E-state index is -0.257. The average molecular weight is 488 g/mol. The molecule has 0 spiro atoms. The van der Waals surface area contributed by atoms with E-state index in [-0.39, 0.29) is 24.5 Å². The number of nitrogens with one attached hydrogen (secondary N) is 2. The summed E-state index contributed by atoms with van der Waals surface area (Å²) in [5, 5.41) is 7.63. The van der Waals surface area contributed by atoms with Crippen LogP contribution < -0.4 is 20.1 Å². The highest BCUT2D eigenvalue weighted by molar-refractivity contribution is 7.16. The maximum atomic E-state index is 13.0. The molecule has 0 saturated carbocycles. The van der Waals surface area contributed by atoms with Crippen LogP contribution in [0, 0.1) is 6.92 Å². The molecule has 2 N–H and O–H groups in total. The number of amides is 1. The Bertz CT molecular complexity index is 1380. The lowest BCUT2D eigenvalue weighted by atomic mass is 9.89. The first-order valence-electron chi connectivity index (χ1n) is 11.7. The van der Waals surface area contributed by atoms with Gasteiger partial charge in [0.1, 0.15) is 10.8 Å². The topological polar surface area (TPSA) is 85.6 Å². The normalized spacial score (nSPS) is 14.9. The van der Waals surface area contributed by atoms with E-state index in [0.29, 0.717) is 0 Å². The number of aryl methyl sites for hydroxylation is 2. The van der Waals surface area contributed by atoms with Gasteiger partial charge < -0.3 is 24.5 Å². The van der Waals surface area contributed by atoms with Gasteiger partial charge in [-0.05, 0) is 85.7 Å². The van der Waals surface area contributed by atoms with Crippen molar-refractivity contribution in [2.45, 2.75) is 38.6 Å². The fraction of sp³-hybridized carbons (Fsp3) is 0.259. The molecule has 6 rings (SSSR count). The molecule has 0 radical (unpaired) electrons. The predicted octanol–water partition coefficient (Wildman–Crippen LogP) is 6.11. The quantitative estimate of drug-likeness (QED) is 0.342. The minimum absolute atomic E-state index is 0.217. The summed E-state index contributed by atoms with van der Waals surface area (Å²) in [5.74, 6) is 2.26. The third-order valence-electron chi connectivity index (χ3n) is 6.41. The van der Waals surface area contributed by atoms with Crippen LogP contribution in [0.3, 0.4) is 0 Å². The molecule has 8 heteroatoms. The van der Waals surface area contributed by atoms with Crippen LogP contribution in [0.25, 0.3) is 0 Å². The Morgan fingerprint density at radius 1 is 1.09 bits per heavy atom. The summed E-state index contributed by atoms with van der Waals surface area (Å²) in [6.45, 7) is 2.26. The minimum Gasteiger partial charge on any atom is -0.459 e. The van der Waals surface area contributed by atoms with Gasteiger partial charge in [-0.25, -0.2) is 4.98 Å². The van der Waals surface area contributed by atoms with E-state index in [4.69, 9.17) is 13.9 Å². The maximum Gasteiger partial charge on any atom is 0.291 e. The molecule has 4 heterocycles. The molecular weight excluding hydrogens is 462 g/mol. The lowest BCUT2D eigenvalue weighted by Gasteiger charge is -2.24. The molecule has 1 aromatic carbocycles. The molecule has 0 saturated heterocycles. The highest BCUT2D eigenvalue weighted by Crippen LogP contribution is 2.46. The Kier molecular flexibility index (Phi) is 5.66. The van der Waals surface area contributed by atoms with Crippen molar-refractivity contribution in [2.24, 2.45) is 0 Å². The molecule has 1 aliphatic heterocycles. The van der Waals surface area contributed by atoms with Crippen molar-refractivity contribution in [1.82, 2.24) is 4.98 Å². The number of hydrogen-bond donors (Lipinski definition) is 2. The molecule has 7 nitrogen and oxygen atoms in total. The van der Waals surface area contributed by atoms with Gasteiger partial charge in [0.2, 0.25) is 6.79 Å². The van der Waals surface area contributed by atoms with Crippen molar-refractivity contribution >= 4 is 28.1 Å². The zero-order valence-electron chi connectivity index (χ0n) is 19.3. The van der Waals surface area contributed by atoms with E-state index in [9.17, 15) is 4.79 Å². The van der Waals surface area contributed by atoms with Crippen molar-refractivity contribution in [1.29, 1.82) is 0 Å². The second-order valence-electron chi connectivity index (χ2n) is 8.79. The van der Waals surface area contributed by atoms with Gasteiger partial charge in [-0.2, -0.15) is 0 Å². The lowest BCUT2D eigenvalue weighted by molar-refractivity contribution is 0.0997. The number of furan rings is 1. The molecule has 0 unspecified atom stereocenters. The summed E-state index contributed by atoms with van der Waals surface area (Å²) in [4.78, 5) is 18.9. The number of fused-ring (bicyclic) bond motifs is 2. The van der Waals surface area contributed by atoms with Crippen molar-refractivity contribution in [3.63, 3.8) is 0 Å². The molecular formula is C27H25N3O4S. The second-order valence-corrected chi connectivity index (χ2v) is 9.90. The molecule has 1 aliphatic carbocycles. The Morgan fingerprint density at radius 2 is 1.97 bits per heavy atom. The number of thiophene rings is 1. The molecule has 35 heavy (non-hydrogen) atoms. The summed E-state index contributed by atoms with van der Waals surface area (Å²) >= 11 is 1.66. The van der Waals surface area contributed by atoms with Crippen LogP contribution >= 0.6 is 11.3 Å². The second kappa shape index (κ2) is 9.11. The van der Waals surface area contributed by atoms with Gasteiger partial charge in [-0.15, -0.1) is 11.3 Å². The number of hydrogen-bond acceptors (Lipinski definition) is 7. The summed E-state index contributed by atoms with van der Waals surface area (Å²) in [5.41, 5.74) is 4.51. The predicted molar refractivity (Wildman–Crippen MR) is 135 cm³/mol. The van der Waals surface area contributed by atoms with Gasteiger partial charge in [0.05, 0.1) is 12.3 Å². The third-order valence-corrected chi connectivity index (χ3v) is 7.63. The number of nitrogens with zero attached hydrogens (tertiary/aromatic N) is 1. The largest absolute Gasteiger partial charge is 0.459 e. The molecule has 178 valence electrons. The van der Waals surface area contributed by atoms with Gasteiger partial charge in [0.25, 0.3) is 5.91 Å². The highest BCUT2D eigenvalue weighted by Gasteiger charge is 2.30. The number of carbonyl (C=O) groups is 1. The molecule has 1 amide bonds. The standard InChI is InChI=1S/C27H25N3O4S/c1-16-10-11-28-23(13-16)29-25(17-8-9-19-21(14-17)34-15-33-19)24-18-5-2-3-7-22(18)35-27(24)30-26(31)20-6-4-12-32-20/h4,6,8-14,25H,2-3,5,7,15H2,1H3,(H,28,29)(H,30,31)/t25-/m0/s1. The monoisotopic (exact) mass is 487 g/mol. The average Bonchev–Trinajstić information content (AvgIpc) is 3.62. The third kappa shape index (κ3) is 4.25. The van der Waals surface area contributed by atoms with Gasteiger partial charge in [0, 0.05) is 16.6 Å². The Labute approximate surface area is 207 Å². The highest BCUT2D eigenvalue weighted by atomic mass is 32.1. The zero-order valence-corrected chi connectivity index (χ0v) is 20.1. The molecule has 1 atom stereocenters. The summed E-state index contributed by atoms with van der Waals surface area (Å²) < 4.78 is 16.6. The van der Waals surface area contributed by atoms with E-state index in [1.807, 2.05) is 37.3 Å². The van der Waals surface area contributed by atoms with Crippen LogP contribution in [0.1, 0.15) is 56.6 Å². The smallest absolute Gasteiger partial charge is 0.291 e. The SMILES string of the molecule is Cc1ccnc(N[C@@H](c2ccc3c(c2)OCO3)c2c(NC(=O)c3ccco3)sc3c2CCCC3)c1. The van der Waals surface area contributed by atoms with Gasteiger partial charge >= 0.3 is 0 Å². The van der Waals surface area contributed by atoms with Crippen molar-refractivity contribution in [2.75, 3.05) is 17.4 Å². The molecule has 2 aliphatic rings. The first-order valence-corrected chi connectivity index (χ1v) is 12.6. The molecule has 4 aromatic rings. The number of benzene rings is 1. The Hall–Kier alpha value is -3.78. The van der Waals surface area contributed by atoms with E-state index in [1.54, 1.807) is 29.7 Å². The van der Waals surface area contributed by atoms with Crippen LogP contribution in [-0.2, 0) is 12.8 Å². The van der Waals surface area contributed by atoms with E-state index in [2.05, 4.69) is 15.6 Å². The van der Waals surface area contributed by atoms with Gasteiger partial charge in [-0.3, -0.25) is 4.79 Å². The number of aromatic nitrogens is 1. The number of pyridine rings is 1. The first kappa shape index (κ1) is 21.7. The number of rotatable bonds is 6. The zero-order chi connectivity index (χ0) is 23.8. The van der Waals surface area contributed by atoms with Crippen molar-refractivity contribution in [3.05, 3.63) is 87.8 Å². The van der Waals surface area contributed by atoms with Crippen LogP contribution in [0.2, 0.25) is 0 Å². The number of anilines is 2. The van der Waals surface area contributed by atoms with Crippen molar-refractivity contribution in [3.8, 4) is 11.5 Å². The molecule has 0 bridgehead atoms. The summed E-state index contributed by atoms with van der Waals surface area (Å²) in [6, 6.07) is 13.1. The summed E-state index contributed by atoms with van der Waals surface area (Å²) in [7, 11) is 0. The fourth-order valence-corrected chi connectivity index (χ4v) is 6.06. The number of carbonyl (C=O) groups excluding carboxylic acids is 1. The van der Waals surface area contributed by atoms with Gasteiger partial charge in [-0.1, -0.05) is 6.07 Å². The van der Waals surface area contributed by atoms with E-state index < -0.39 is 0 Å². The van der Waals surface area contributed by atoms with Crippen LogP contribution in [0.15, 0.2) is 59.3 Å². The van der Waals surface area contributed by atoms with Gasteiger partial charge in [0.15, 0.2) is 17.3 Å². The lowest BCUT2D eigenvalue weighted by Crippen LogP contribution is -2.19. The number of ether oxygens (including phenoxy) is 2. The van der Waals surface area contributed by atoms with Crippen LogP contribution in [-0.4, -0.2) is 17.7 Å². The van der Waals surface area contributed by atoms with Crippen LogP contribution in [0.5, 0.6) is 11.5 Å².